The number of ether oxygens (including phenoxy) is 1. The van der Waals surface area contributed by atoms with Crippen molar-refractivity contribution in [3.8, 4) is 5.75 Å². The average Bonchev–Trinajstić information content (AvgIpc) is 3.75. The molecular weight excluding hydrogens is 496 g/mol. The van der Waals surface area contributed by atoms with E-state index >= 15 is 0 Å². The highest BCUT2D eigenvalue weighted by Gasteiger charge is 2.51. The molecule has 0 spiro atoms. The Balaban J connectivity index is 0.00000294. The zero-order chi connectivity index (χ0) is 25.4. The van der Waals surface area contributed by atoms with E-state index in [1.807, 2.05) is 30.3 Å². The summed E-state index contributed by atoms with van der Waals surface area (Å²) < 4.78 is 6.40. The fourth-order valence-electron chi connectivity index (χ4n) is 5.60. The summed E-state index contributed by atoms with van der Waals surface area (Å²) in [6.07, 6.45) is 2.35. The SMILES string of the molecule is C[C@@H](NCCC1CN(c2ccc(C3(C(=O)O)CC3)cc2)c2ccccc2O1)c1cccc2ccccc12.Cl. The molecule has 2 N–H and O–H groups in total. The van der Waals surface area contributed by atoms with Crippen LogP contribution in [0.25, 0.3) is 10.8 Å². The Morgan fingerprint density at radius 3 is 2.47 bits per heavy atom. The van der Waals surface area contributed by atoms with Crippen LogP contribution < -0.4 is 15.0 Å². The normalized spacial score (nSPS) is 18.1. The molecule has 2 atom stereocenters. The Morgan fingerprint density at radius 1 is 1.00 bits per heavy atom. The molecule has 0 saturated heterocycles. The van der Waals surface area contributed by atoms with Gasteiger partial charge in [0, 0.05) is 11.7 Å². The molecule has 1 heterocycles. The van der Waals surface area contributed by atoms with E-state index in [-0.39, 0.29) is 24.6 Å². The number of carboxylic acids is 1. The van der Waals surface area contributed by atoms with Gasteiger partial charge in [-0.3, -0.25) is 4.79 Å². The molecule has 1 fully saturated rings. The number of nitrogens with zero attached hydrogens (tertiary/aromatic N) is 1. The molecule has 0 bridgehead atoms. The molecule has 0 radical (unpaired) electrons. The highest BCUT2D eigenvalue weighted by molar-refractivity contribution is 5.86. The summed E-state index contributed by atoms with van der Waals surface area (Å²) in [5.41, 5.74) is 3.62. The standard InChI is InChI=1S/C32H32N2O3.ClH/c1-22(27-10-6-8-23-7-2-3-9-28(23)27)33-20-17-26-21-34(29-11-4-5-12-30(29)37-26)25-15-13-24(14-16-25)32(18-19-32)31(35)36;/h2-16,22,26,33H,17-21H2,1H3,(H,35,36);1H/t22-,26?;/m1./s1. The molecule has 0 aromatic heterocycles. The van der Waals surface area contributed by atoms with Gasteiger partial charge in [0.25, 0.3) is 0 Å². The molecule has 1 aliphatic carbocycles. The van der Waals surface area contributed by atoms with Gasteiger partial charge in [-0.05, 0) is 78.9 Å². The molecule has 0 amide bonds. The molecule has 196 valence electrons. The zero-order valence-electron chi connectivity index (χ0n) is 21.5. The Kier molecular flexibility index (Phi) is 7.33. The van der Waals surface area contributed by atoms with Crippen molar-refractivity contribution in [1.82, 2.24) is 5.32 Å². The van der Waals surface area contributed by atoms with Gasteiger partial charge in [0.15, 0.2) is 0 Å². The van der Waals surface area contributed by atoms with Crippen molar-refractivity contribution < 1.29 is 14.6 Å². The smallest absolute Gasteiger partial charge is 0.314 e. The number of hydrogen-bond donors (Lipinski definition) is 2. The zero-order valence-corrected chi connectivity index (χ0v) is 22.3. The minimum Gasteiger partial charge on any atom is -0.486 e. The van der Waals surface area contributed by atoms with Crippen LogP contribution in [0, 0.1) is 0 Å². The van der Waals surface area contributed by atoms with Crippen LogP contribution in [0.4, 0.5) is 11.4 Å². The van der Waals surface area contributed by atoms with Gasteiger partial charge in [0.05, 0.1) is 17.6 Å². The van der Waals surface area contributed by atoms with Crippen molar-refractivity contribution in [2.45, 2.75) is 43.7 Å². The maximum absolute atomic E-state index is 11.7. The van der Waals surface area contributed by atoms with Gasteiger partial charge in [0.2, 0.25) is 0 Å². The summed E-state index contributed by atoms with van der Waals surface area (Å²) in [4.78, 5) is 14.0. The second kappa shape index (κ2) is 10.7. The first-order valence-electron chi connectivity index (χ1n) is 13.1. The molecular formula is C32H33ClN2O3. The van der Waals surface area contributed by atoms with Crippen molar-refractivity contribution >= 4 is 40.5 Å². The monoisotopic (exact) mass is 528 g/mol. The molecule has 4 aromatic rings. The fraction of sp³-hybridized carbons (Fsp3) is 0.281. The Morgan fingerprint density at radius 2 is 1.71 bits per heavy atom. The van der Waals surface area contributed by atoms with Crippen LogP contribution in [0.1, 0.15) is 43.4 Å². The summed E-state index contributed by atoms with van der Waals surface area (Å²) in [6.45, 7) is 3.80. The quantitative estimate of drug-likeness (QED) is 0.257. The lowest BCUT2D eigenvalue weighted by Gasteiger charge is -2.36. The molecule has 6 rings (SSSR count). The Hall–Kier alpha value is -3.54. The van der Waals surface area contributed by atoms with E-state index in [1.54, 1.807) is 0 Å². The summed E-state index contributed by atoms with van der Waals surface area (Å²) >= 11 is 0. The highest BCUT2D eigenvalue weighted by atomic mass is 35.5. The first-order chi connectivity index (χ1) is 18.0. The third-order valence-corrected chi connectivity index (χ3v) is 7.93. The first kappa shape index (κ1) is 26.1. The number of fused-ring (bicyclic) bond motifs is 2. The third-order valence-electron chi connectivity index (χ3n) is 7.93. The van der Waals surface area contributed by atoms with E-state index in [0.29, 0.717) is 12.8 Å². The number of halogens is 1. The fourth-order valence-corrected chi connectivity index (χ4v) is 5.60. The average molecular weight is 529 g/mol. The molecule has 6 heteroatoms. The number of carboxylic acid groups (broad SMARTS) is 1. The maximum Gasteiger partial charge on any atom is 0.314 e. The Bertz CT molecular complexity index is 1430. The minimum atomic E-state index is -0.720. The molecule has 5 nitrogen and oxygen atoms in total. The summed E-state index contributed by atoms with van der Waals surface area (Å²) in [5, 5.41) is 15.9. The van der Waals surface area contributed by atoms with Crippen LogP contribution in [-0.4, -0.2) is 30.3 Å². The molecule has 1 unspecified atom stereocenters. The van der Waals surface area contributed by atoms with Crippen molar-refractivity contribution in [3.05, 3.63) is 102 Å². The minimum absolute atomic E-state index is 0. The van der Waals surface area contributed by atoms with Crippen molar-refractivity contribution in [2.24, 2.45) is 0 Å². The number of anilines is 2. The first-order valence-corrected chi connectivity index (χ1v) is 13.1. The van der Waals surface area contributed by atoms with Gasteiger partial charge in [-0.1, -0.05) is 66.7 Å². The lowest BCUT2D eigenvalue weighted by atomic mass is 9.96. The molecule has 38 heavy (non-hydrogen) atoms. The molecule has 1 aliphatic heterocycles. The van der Waals surface area contributed by atoms with Gasteiger partial charge >= 0.3 is 5.97 Å². The van der Waals surface area contributed by atoms with Crippen LogP contribution in [-0.2, 0) is 10.2 Å². The number of benzene rings is 4. The number of carbonyl (C=O) groups is 1. The van der Waals surface area contributed by atoms with Crippen LogP contribution in [0.15, 0.2) is 91.0 Å². The topological polar surface area (TPSA) is 61.8 Å². The number of nitrogens with one attached hydrogen (secondary N) is 1. The summed E-state index contributed by atoms with van der Waals surface area (Å²) in [7, 11) is 0. The predicted molar refractivity (Wildman–Crippen MR) is 155 cm³/mol. The largest absolute Gasteiger partial charge is 0.486 e. The maximum atomic E-state index is 11.7. The van der Waals surface area contributed by atoms with Crippen LogP contribution in [0.3, 0.4) is 0 Å². The molecule has 2 aliphatic rings. The lowest BCUT2D eigenvalue weighted by Crippen LogP contribution is -2.39. The van der Waals surface area contributed by atoms with E-state index in [2.05, 4.69) is 77.8 Å². The highest BCUT2D eigenvalue weighted by Crippen LogP contribution is 2.49. The van der Waals surface area contributed by atoms with Crippen LogP contribution >= 0.6 is 12.4 Å². The van der Waals surface area contributed by atoms with E-state index in [1.165, 1.54) is 16.3 Å². The second-order valence-electron chi connectivity index (χ2n) is 10.3. The second-order valence-corrected chi connectivity index (χ2v) is 10.3. The number of para-hydroxylation sites is 2. The number of rotatable bonds is 8. The van der Waals surface area contributed by atoms with E-state index in [9.17, 15) is 9.90 Å². The molecule has 4 aromatic carbocycles. The third kappa shape index (κ3) is 4.84. The van der Waals surface area contributed by atoms with Gasteiger partial charge in [-0.25, -0.2) is 0 Å². The van der Waals surface area contributed by atoms with Crippen LogP contribution in [0.2, 0.25) is 0 Å². The van der Waals surface area contributed by atoms with Gasteiger partial charge < -0.3 is 20.1 Å². The van der Waals surface area contributed by atoms with Gasteiger partial charge in [-0.15, -0.1) is 12.4 Å². The molecule has 1 saturated carbocycles. The van der Waals surface area contributed by atoms with E-state index in [4.69, 9.17) is 4.74 Å². The van der Waals surface area contributed by atoms with Gasteiger partial charge in [-0.2, -0.15) is 0 Å². The van der Waals surface area contributed by atoms with E-state index < -0.39 is 11.4 Å². The predicted octanol–water partition coefficient (Wildman–Crippen LogP) is 7.02. The number of hydrogen-bond acceptors (Lipinski definition) is 4. The van der Waals surface area contributed by atoms with Gasteiger partial charge in [0.1, 0.15) is 11.9 Å². The summed E-state index contributed by atoms with van der Waals surface area (Å²) in [6, 6.07) is 31.5. The van der Waals surface area contributed by atoms with Crippen molar-refractivity contribution in [1.29, 1.82) is 0 Å². The van der Waals surface area contributed by atoms with Crippen molar-refractivity contribution in [2.75, 3.05) is 18.0 Å². The van der Waals surface area contributed by atoms with E-state index in [0.717, 1.165) is 42.2 Å². The summed E-state index contributed by atoms with van der Waals surface area (Å²) in [5.74, 6) is 0.163. The lowest BCUT2D eigenvalue weighted by molar-refractivity contribution is -0.140. The van der Waals surface area contributed by atoms with Crippen molar-refractivity contribution in [3.63, 3.8) is 0 Å². The van der Waals surface area contributed by atoms with Crippen LogP contribution in [0.5, 0.6) is 5.75 Å². The Labute approximate surface area is 229 Å². The number of aliphatic carboxylic acids is 1.